The molecule has 0 amide bonds. The molecule has 4 heteroatoms. The van der Waals surface area contributed by atoms with E-state index in [0.717, 1.165) is 45.5 Å². The maximum Gasteiger partial charge on any atom is 0.0933 e. The van der Waals surface area contributed by atoms with Crippen molar-refractivity contribution in [3.8, 4) is 0 Å². The molecule has 2 aliphatic rings. The maximum atomic E-state index is 6.03. The molecule has 1 atom stereocenters. The normalized spacial score (nSPS) is 25.7. The Morgan fingerprint density at radius 2 is 1.95 bits per heavy atom. The first-order chi connectivity index (χ1) is 9.86. The average Bonchev–Trinajstić information content (AvgIpc) is 2.49. The van der Waals surface area contributed by atoms with E-state index < -0.39 is 0 Å². The van der Waals surface area contributed by atoms with Gasteiger partial charge in [-0.3, -0.25) is 4.84 Å². The SMILES string of the molecule is c1ccc(CONC2CCOC3(CCOCC3)C2)cc1. The second-order valence-corrected chi connectivity index (χ2v) is 5.73. The predicted molar refractivity (Wildman–Crippen MR) is 76.1 cm³/mol. The van der Waals surface area contributed by atoms with Crippen molar-refractivity contribution in [1.29, 1.82) is 0 Å². The molecule has 1 spiro atoms. The third kappa shape index (κ3) is 3.58. The molecular weight excluding hydrogens is 254 g/mol. The van der Waals surface area contributed by atoms with Gasteiger partial charge < -0.3 is 9.47 Å². The highest BCUT2D eigenvalue weighted by molar-refractivity contribution is 5.13. The van der Waals surface area contributed by atoms with Gasteiger partial charge in [-0.2, -0.15) is 5.48 Å². The molecule has 0 aliphatic carbocycles. The molecule has 4 nitrogen and oxygen atoms in total. The summed E-state index contributed by atoms with van der Waals surface area (Å²) in [5, 5.41) is 0. The minimum Gasteiger partial charge on any atom is -0.381 e. The number of rotatable bonds is 4. The first-order valence-electron chi connectivity index (χ1n) is 7.49. The molecule has 1 aromatic carbocycles. The largest absolute Gasteiger partial charge is 0.381 e. The van der Waals surface area contributed by atoms with Gasteiger partial charge in [0.05, 0.1) is 12.2 Å². The zero-order chi connectivity index (χ0) is 13.7. The molecule has 20 heavy (non-hydrogen) atoms. The van der Waals surface area contributed by atoms with Gasteiger partial charge in [-0.15, -0.1) is 0 Å². The van der Waals surface area contributed by atoms with Gasteiger partial charge in [0.2, 0.25) is 0 Å². The maximum absolute atomic E-state index is 6.03. The van der Waals surface area contributed by atoms with Gasteiger partial charge >= 0.3 is 0 Å². The topological polar surface area (TPSA) is 39.7 Å². The lowest BCUT2D eigenvalue weighted by Gasteiger charge is -2.43. The summed E-state index contributed by atoms with van der Waals surface area (Å²) in [4.78, 5) is 5.66. The van der Waals surface area contributed by atoms with Crippen molar-refractivity contribution in [2.24, 2.45) is 0 Å². The lowest BCUT2D eigenvalue weighted by molar-refractivity contribution is -0.154. The minimum atomic E-state index is 0.0181. The fraction of sp³-hybridized carbons (Fsp3) is 0.625. The van der Waals surface area contributed by atoms with Crippen LogP contribution in [0.2, 0.25) is 0 Å². The Kier molecular flexibility index (Phi) is 4.68. The molecule has 2 aliphatic heterocycles. The number of nitrogens with one attached hydrogen (secondary N) is 1. The Balaban J connectivity index is 1.45. The van der Waals surface area contributed by atoms with Crippen molar-refractivity contribution in [3.05, 3.63) is 35.9 Å². The molecule has 0 radical (unpaired) electrons. The van der Waals surface area contributed by atoms with Crippen LogP contribution in [0.25, 0.3) is 0 Å². The summed E-state index contributed by atoms with van der Waals surface area (Å²) >= 11 is 0. The Morgan fingerprint density at radius 1 is 1.15 bits per heavy atom. The van der Waals surface area contributed by atoms with Crippen LogP contribution < -0.4 is 5.48 Å². The number of hydrogen-bond donors (Lipinski definition) is 1. The van der Waals surface area contributed by atoms with Gasteiger partial charge in [0.1, 0.15) is 0 Å². The van der Waals surface area contributed by atoms with Crippen LogP contribution in [-0.4, -0.2) is 31.5 Å². The molecule has 1 unspecified atom stereocenters. The zero-order valence-electron chi connectivity index (χ0n) is 11.8. The first kappa shape index (κ1) is 14.0. The van der Waals surface area contributed by atoms with E-state index in [1.807, 2.05) is 18.2 Å². The van der Waals surface area contributed by atoms with E-state index in [-0.39, 0.29) is 5.60 Å². The van der Waals surface area contributed by atoms with Crippen LogP contribution in [-0.2, 0) is 20.9 Å². The summed E-state index contributed by atoms with van der Waals surface area (Å²) in [6, 6.07) is 10.6. The molecule has 0 saturated carbocycles. The fourth-order valence-electron chi connectivity index (χ4n) is 3.04. The molecule has 2 heterocycles. The molecule has 0 bridgehead atoms. The van der Waals surface area contributed by atoms with Crippen LogP contribution >= 0.6 is 0 Å². The van der Waals surface area contributed by atoms with E-state index in [0.29, 0.717) is 12.6 Å². The molecule has 110 valence electrons. The summed E-state index contributed by atoms with van der Waals surface area (Å²) < 4.78 is 11.5. The molecule has 3 rings (SSSR count). The Bertz CT molecular complexity index is 398. The van der Waals surface area contributed by atoms with Gasteiger partial charge in [0.25, 0.3) is 0 Å². The van der Waals surface area contributed by atoms with Gasteiger partial charge in [-0.05, 0) is 31.2 Å². The van der Waals surface area contributed by atoms with Gasteiger partial charge in [0, 0.05) is 25.9 Å². The lowest BCUT2D eigenvalue weighted by atomic mass is 9.84. The van der Waals surface area contributed by atoms with Crippen molar-refractivity contribution in [2.45, 2.75) is 43.9 Å². The van der Waals surface area contributed by atoms with E-state index >= 15 is 0 Å². The van der Waals surface area contributed by atoms with E-state index in [4.69, 9.17) is 14.3 Å². The number of hydroxylamine groups is 1. The summed E-state index contributed by atoms with van der Waals surface area (Å²) in [6.07, 6.45) is 4.04. The summed E-state index contributed by atoms with van der Waals surface area (Å²) in [5.41, 5.74) is 4.43. The highest BCUT2D eigenvalue weighted by atomic mass is 16.6. The Labute approximate surface area is 120 Å². The summed E-state index contributed by atoms with van der Waals surface area (Å²) in [7, 11) is 0. The van der Waals surface area contributed by atoms with Crippen LogP contribution in [0.4, 0.5) is 0 Å². The highest BCUT2D eigenvalue weighted by Gasteiger charge is 2.39. The lowest BCUT2D eigenvalue weighted by Crippen LogP contribution is -2.49. The zero-order valence-corrected chi connectivity index (χ0v) is 11.8. The second kappa shape index (κ2) is 6.68. The van der Waals surface area contributed by atoms with Crippen molar-refractivity contribution in [3.63, 3.8) is 0 Å². The molecule has 1 aromatic rings. The molecule has 1 N–H and O–H groups in total. The minimum absolute atomic E-state index is 0.0181. The van der Waals surface area contributed by atoms with Gasteiger partial charge in [-0.1, -0.05) is 30.3 Å². The Hall–Kier alpha value is -0.940. The molecular formula is C16H23NO3. The first-order valence-corrected chi connectivity index (χ1v) is 7.49. The van der Waals surface area contributed by atoms with Gasteiger partial charge in [0.15, 0.2) is 0 Å². The van der Waals surface area contributed by atoms with Crippen LogP contribution in [0.15, 0.2) is 30.3 Å². The quantitative estimate of drug-likeness (QED) is 0.858. The monoisotopic (exact) mass is 277 g/mol. The van der Waals surface area contributed by atoms with Crippen LogP contribution in [0.1, 0.15) is 31.2 Å². The smallest absolute Gasteiger partial charge is 0.0933 e. The summed E-state index contributed by atoms with van der Waals surface area (Å²) in [5.74, 6) is 0. The second-order valence-electron chi connectivity index (χ2n) is 5.73. The van der Waals surface area contributed by atoms with Crippen molar-refractivity contribution >= 4 is 0 Å². The van der Waals surface area contributed by atoms with E-state index in [9.17, 15) is 0 Å². The molecule has 2 saturated heterocycles. The number of benzene rings is 1. The number of hydrogen-bond acceptors (Lipinski definition) is 4. The van der Waals surface area contributed by atoms with Crippen LogP contribution in [0.3, 0.4) is 0 Å². The molecule has 2 fully saturated rings. The fourth-order valence-corrected chi connectivity index (χ4v) is 3.04. The van der Waals surface area contributed by atoms with Crippen molar-refractivity contribution < 1.29 is 14.3 Å². The Morgan fingerprint density at radius 3 is 2.75 bits per heavy atom. The van der Waals surface area contributed by atoms with Gasteiger partial charge in [-0.25, -0.2) is 0 Å². The average molecular weight is 277 g/mol. The standard InChI is InChI=1S/C16H23NO3/c1-2-4-14(5-3-1)13-20-17-15-6-9-19-16(12-15)7-10-18-11-8-16/h1-5,15,17H,6-13H2. The highest BCUT2D eigenvalue weighted by Crippen LogP contribution is 2.34. The van der Waals surface area contributed by atoms with E-state index in [2.05, 4.69) is 17.6 Å². The summed E-state index contributed by atoms with van der Waals surface area (Å²) in [6.45, 7) is 3.05. The molecule has 0 aromatic heterocycles. The third-order valence-corrected chi connectivity index (χ3v) is 4.23. The van der Waals surface area contributed by atoms with Crippen molar-refractivity contribution in [2.75, 3.05) is 19.8 Å². The van der Waals surface area contributed by atoms with Crippen LogP contribution in [0, 0.1) is 0 Å². The van der Waals surface area contributed by atoms with E-state index in [1.165, 1.54) is 5.56 Å². The number of ether oxygens (including phenoxy) is 2. The third-order valence-electron chi connectivity index (χ3n) is 4.23. The van der Waals surface area contributed by atoms with E-state index in [1.54, 1.807) is 0 Å². The van der Waals surface area contributed by atoms with Crippen molar-refractivity contribution in [1.82, 2.24) is 5.48 Å². The predicted octanol–water partition coefficient (Wildman–Crippen LogP) is 2.44. The van der Waals surface area contributed by atoms with Crippen LogP contribution in [0.5, 0.6) is 0 Å².